The molecule has 0 saturated heterocycles. The summed E-state index contributed by atoms with van der Waals surface area (Å²) in [6.45, 7) is 4.00. The van der Waals surface area contributed by atoms with Gasteiger partial charge in [-0.1, -0.05) is 62.4 Å². The Labute approximate surface area is 109 Å². The van der Waals surface area contributed by atoms with Crippen LogP contribution in [0, 0.1) is 0 Å². The predicted molar refractivity (Wildman–Crippen MR) is 82.9 cm³/mol. The van der Waals surface area contributed by atoms with Gasteiger partial charge in [-0.05, 0) is 40.7 Å². The zero-order valence-electron chi connectivity index (χ0n) is 11.4. The van der Waals surface area contributed by atoms with Gasteiger partial charge in [-0.15, -0.1) is 0 Å². The van der Waals surface area contributed by atoms with Crippen molar-refractivity contribution in [1.82, 2.24) is 0 Å². The summed E-state index contributed by atoms with van der Waals surface area (Å²) in [6.07, 6.45) is 0. The fourth-order valence-corrected chi connectivity index (χ4v) is 1.88. The molecule has 3 rings (SSSR count). The molecule has 0 bridgehead atoms. The standard InChI is InChI=1S/C14H10.C2H6.CH5N/c1-2-6-12-10-14-8-4-3-7-13(14)9-11(12)5-1;2*1-2/h1-10H;1-2H3;2H2,1H3. The molecule has 0 radical (unpaired) electrons. The molecule has 2 N–H and O–H groups in total. The molecule has 1 heteroatoms. The zero-order chi connectivity index (χ0) is 13.4. The van der Waals surface area contributed by atoms with Crippen LogP contribution in [-0.4, -0.2) is 7.05 Å². The summed E-state index contributed by atoms with van der Waals surface area (Å²) in [7, 11) is 1.50. The topological polar surface area (TPSA) is 26.0 Å². The Hall–Kier alpha value is -1.86. The van der Waals surface area contributed by atoms with Crippen molar-refractivity contribution in [3.63, 3.8) is 0 Å². The van der Waals surface area contributed by atoms with Crippen LogP contribution >= 0.6 is 0 Å². The number of hydrogen-bond donors (Lipinski definition) is 1. The summed E-state index contributed by atoms with van der Waals surface area (Å²) in [5.41, 5.74) is 4.50. The summed E-state index contributed by atoms with van der Waals surface area (Å²) in [4.78, 5) is 0. The van der Waals surface area contributed by atoms with Crippen LogP contribution in [0.15, 0.2) is 60.7 Å². The SMILES string of the molecule is CC.CN.c1ccc2cc3ccccc3cc2c1. The molecule has 3 aromatic carbocycles. The van der Waals surface area contributed by atoms with E-state index < -0.39 is 0 Å². The van der Waals surface area contributed by atoms with Crippen molar-refractivity contribution in [1.29, 1.82) is 0 Å². The van der Waals surface area contributed by atoms with Gasteiger partial charge >= 0.3 is 0 Å². The highest BCUT2D eigenvalue weighted by Crippen LogP contribution is 2.21. The highest BCUT2D eigenvalue weighted by molar-refractivity contribution is 5.98. The highest BCUT2D eigenvalue weighted by atomic mass is 14.4. The fourth-order valence-electron chi connectivity index (χ4n) is 1.88. The summed E-state index contributed by atoms with van der Waals surface area (Å²) in [5.74, 6) is 0. The maximum absolute atomic E-state index is 4.50. The average molecular weight is 239 g/mol. The minimum Gasteiger partial charge on any atom is -0.333 e. The van der Waals surface area contributed by atoms with Crippen LogP contribution in [0.3, 0.4) is 0 Å². The van der Waals surface area contributed by atoms with Gasteiger partial charge in [0.15, 0.2) is 0 Å². The second kappa shape index (κ2) is 7.46. The minimum atomic E-state index is 1.31. The summed E-state index contributed by atoms with van der Waals surface area (Å²) in [6, 6.07) is 21.4. The normalized spacial score (nSPS) is 9.11. The third-order valence-corrected chi connectivity index (χ3v) is 2.61. The average Bonchev–Trinajstić information content (AvgIpc) is 2.49. The Kier molecular flexibility index (Phi) is 5.89. The van der Waals surface area contributed by atoms with Crippen molar-refractivity contribution < 1.29 is 0 Å². The zero-order valence-corrected chi connectivity index (χ0v) is 11.4. The molecule has 0 unspecified atom stereocenters. The van der Waals surface area contributed by atoms with Crippen LogP contribution in [0.5, 0.6) is 0 Å². The first-order valence-corrected chi connectivity index (χ1v) is 6.39. The van der Waals surface area contributed by atoms with E-state index in [0.717, 1.165) is 0 Å². The molecule has 0 aliphatic carbocycles. The lowest BCUT2D eigenvalue weighted by Crippen LogP contribution is -1.74. The van der Waals surface area contributed by atoms with Crippen molar-refractivity contribution >= 4 is 21.5 Å². The van der Waals surface area contributed by atoms with Gasteiger partial charge in [-0.25, -0.2) is 0 Å². The first-order chi connectivity index (χ1) is 8.93. The van der Waals surface area contributed by atoms with Crippen molar-refractivity contribution in [3.05, 3.63) is 60.7 Å². The number of benzene rings is 3. The number of hydrogen-bond acceptors (Lipinski definition) is 1. The Bertz CT molecular complexity index is 494. The van der Waals surface area contributed by atoms with E-state index in [1.54, 1.807) is 0 Å². The van der Waals surface area contributed by atoms with Gasteiger partial charge in [0.1, 0.15) is 0 Å². The Morgan fingerprint density at radius 3 is 1.00 bits per heavy atom. The largest absolute Gasteiger partial charge is 0.333 e. The summed E-state index contributed by atoms with van der Waals surface area (Å²) >= 11 is 0. The molecule has 18 heavy (non-hydrogen) atoms. The molecule has 0 atom stereocenters. The number of nitrogens with two attached hydrogens (primary N) is 1. The maximum Gasteiger partial charge on any atom is -0.0178 e. The number of fused-ring (bicyclic) bond motifs is 2. The van der Waals surface area contributed by atoms with E-state index in [9.17, 15) is 0 Å². The van der Waals surface area contributed by atoms with Gasteiger partial charge in [-0.3, -0.25) is 0 Å². The monoisotopic (exact) mass is 239 g/mol. The van der Waals surface area contributed by atoms with Crippen LogP contribution in [0.4, 0.5) is 0 Å². The van der Waals surface area contributed by atoms with Crippen molar-refractivity contribution in [3.8, 4) is 0 Å². The molecule has 0 spiro atoms. The lowest BCUT2D eigenvalue weighted by atomic mass is 10.0. The predicted octanol–water partition coefficient (Wildman–Crippen LogP) is 4.59. The van der Waals surface area contributed by atoms with Crippen molar-refractivity contribution in [2.24, 2.45) is 5.73 Å². The highest BCUT2D eigenvalue weighted by Gasteiger charge is 1.95. The Morgan fingerprint density at radius 1 is 0.556 bits per heavy atom. The lowest BCUT2D eigenvalue weighted by Gasteiger charge is -2.00. The lowest BCUT2D eigenvalue weighted by molar-refractivity contribution is 1.48. The molecule has 1 nitrogen and oxygen atoms in total. The molecule has 94 valence electrons. The van der Waals surface area contributed by atoms with Crippen molar-refractivity contribution in [2.45, 2.75) is 13.8 Å². The van der Waals surface area contributed by atoms with Gasteiger partial charge in [0.2, 0.25) is 0 Å². The van der Waals surface area contributed by atoms with Crippen LogP contribution in [0.1, 0.15) is 13.8 Å². The van der Waals surface area contributed by atoms with E-state index in [4.69, 9.17) is 0 Å². The van der Waals surface area contributed by atoms with Crippen LogP contribution < -0.4 is 5.73 Å². The van der Waals surface area contributed by atoms with E-state index in [2.05, 4.69) is 66.4 Å². The van der Waals surface area contributed by atoms with E-state index in [1.807, 2.05) is 13.8 Å². The molecule has 0 fully saturated rings. The van der Waals surface area contributed by atoms with Crippen LogP contribution in [-0.2, 0) is 0 Å². The molecule has 3 aromatic rings. The quantitative estimate of drug-likeness (QED) is 0.570. The van der Waals surface area contributed by atoms with Gasteiger partial charge in [-0.2, -0.15) is 0 Å². The number of rotatable bonds is 0. The Morgan fingerprint density at radius 2 is 0.778 bits per heavy atom. The van der Waals surface area contributed by atoms with E-state index in [1.165, 1.54) is 28.6 Å². The first kappa shape index (κ1) is 14.2. The molecule has 0 aromatic heterocycles. The fraction of sp³-hybridized carbons (Fsp3) is 0.176. The molecule has 0 saturated carbocycles. The molecule has 0 aliphatic rings. The summed E-state index contributed by atoms with van der Waals surface area (Å²) in [5, 5.41) is 5.25. The van der Waals surface area contributed by atoms with Gasteiger partial charge < -0.3 is 5.73 Å². The van der Waals surface area contributed by atoms with Crippen LogP contribution in [0.2, 0.25) is 0 Å². The van der Waals surface area contributed by atoms with E-state index in [-0.39, 0.29) is 0 Å². The summed E-state index contributed by atoms with van der Waals surface area (Å²) < 4.78 is 0. The molecular weight excluding hydrogens is 218 g/mol. The molecule has 0 amide bonds. The second-order valence-electron chi connectivity index (χ2n) is 3.55. The van der Waals surface area contributed by atoms with E-state index in [0.29, 0.717) is 0 Å². The molecule has 0 heterocycles. The van der Waals surface area contributed by atoms with Gasteiger partial charge in [0, 0.05) is 0 Å². The molecule has 0 aliphatic heterocycles. The smallest absolute Gasteiger partial charge is 0.0178 e. The van der Waals surface area contributed by atoms with E-state index >= 15 is 0 Å². The second-order valence-corrected chi connectivity index (χ2v) is 3.55. The van der Waals surface area contributed by atoms with Crippen LogP contribution in [0.25, 0.3) is 21.5 Å². The first-order valence-electron chi connectivity index (χ1n) is 6.39. The van der Waals surface area contributed by atoms with Gasteiger partial charge in [0.25, 0.3) is 0 Å². The molecular formula is C17H21N. The third-order valence-electron chi connectivity index (χ3n) is 2.61. The third kappa shape index (κ3) is 3.08. The van der Waals surface area contributed by atoms with Gasteiger partial charge in [0.05, 0.1) is 0 Å². The van der Waals surface area contributed by atoms with Crippen molar-refractivity contribution in [2.75, 3.05) is 7.05 Å². The maximum atomic E-state index is 4.50. The Balaban J connectivity index is 0.000000371. The minimum absolute atomic E-state index is 1.31.